The van der Waals surface area contributed by atoms with Crippen LogP contribution in [0.2, 0.25) is 0 Å². The van der Waals surface area contributed by atoms with E-state index >= 15 is 0 Å². The Labute approximate surface area is 176 Å². The first kappa shape index (κ1) is 18.3. The Morgan fingerprint density at radius 2 is 1.03 bits per heavy atom. The van der Waals surface area contributed by atoms with Crippen molar-refractivity contribution in [3.8, 4) is 22.3 Å². The third kappa shape index (κ3) is 2.81. The molecule has 0 aliphatic rings. The molecule has 146 valence electrons. The van der Waals surface area contributed by atoms with Crippen molar-refractivity contribution < 1.29 is 0 Å². The first-order valence-corrected chi connectivity index (χ1v) is 10.2. The highest BCUT2D eigenvalue weighted by Crippen LogP contribution is 2.45. The van der Waals surface area contributed by atoms with Crippen molar-refractivity contribution in [3.05, 3.63) is 96.1 Å². The number of aryl methyl sites for hydroxylation is 2. The van der Waals surface area contributed by atoms with Gasteiger partial charge in [-0.15, -0.1) is 0 Å². The SMILES string of the molecule is Cc1ccc(-c2ccc3c(N)c4ccccc4c(N)c3c2-c2ccc(C)cc2)cc1. The van der Waals surface area contributed by atoms with Gasteiger partial charge in [0.2, 0.25) is 0 Å². The number of hydrogen-bond donors (Lipinski definition) is 2. The molecule has 0 saturated carbocycles. The quantitative estimate of drug-likeness (QED) is 0.192. The van der Waals surface area contributed by atoms with E-state index in [0.717, 1.165) is 49.6 Å². The number of rotatable bonds is 2. The molecule has 0 heterocycles. The molecule has 0 aliphatic heterocycles. The van der Waals surface area contributed by atoms with Gasteiger partial charge in [-0.3, -0.25) is 0 Å². The summed E-state index contributed by atoms with van der Waals surface area (Å²) in [7, 11) is 0. The third-order valence-corrected chi connectivity index (χ3v) is 5.98. The van der Waals surface area contributed by atoms with E-state index in [1.54, 1.807) is 0 Å². The normalized spacial score (nSPS) is 11.3. The van der Waals surface area contributed by atoms with E-state index in [-0.39, 0.29) is 0 Å². The molecule has 5 rings (SSSR count). The molecule has 0 bridgehead atoms. The Hall–Kier alpha value is -3.78. The van der Waals surface area contributed by atoms with Crippen molar-refractivity contribution in [2.24, 2.45) is 0 Å². The third-order valence-electron chi connectivity index (χ3n) is 5.98. The first-order chi connectivity index (χ1) is 14.5. The van der Waals surface area contributed by atoms with Crippen LogP contribution in [0.3, 0.4) is 0 Å². The van der Waals surface area contributed by atoms with E-state index in [0.29, 0.717) is 0 Å². The summed E-state index contributed by atoms with van der Waals surface area (Å²) in [5.74, 6) is 0. The van der Waals surface area contributed by atoms with Crippen LogP contribution in [0.5, 0.6) is 0 Å². The second-order valence-electron chi connectivity index (χ2n) is 8.02. The lowest BCUT2D eigenvalue weighted by Crippen LogP contribution is -1.99. The van der Waals surface area contributed by atoms with Crippen LogP contribution in [0.25, 0.3) is 43.8 Å². The molecule has 0 amide bonds. The minimum Gasteiger partial charge on any atom is -0.398 e. The van der Waals surface area contributed by atoms with Gasteiger partial charge in [0, 0.05) is 32.9 Å². The topological polar surface area (TPSA) is 52.0 Å². The standard InChI is InChI=1S/C28H24N2/c1-17-7-11-19(12-8-17)21-15-16-24-26(25(21)20-13-9-18(2)10-14-20)28(30)23-6-4-3-5-22(23)27(24)29/h3-16H,29-30H2,1-2H3. The van der Waals surface area contributed by atoms with Crippen LogP contribution in [-0.2, 0) is 0 Å². The van der Waals surface area contributed by atoms with Crippen LogP contribution in [0.15, 0.2) is 84.9 Å². The van der Waals surface area contributed by atoms with Crippen molar-refractivity contribution in [2.45, 2.75) is 13.8 Å². The Balaban J connectivity index is 1.97. The Kier molecular flexibility index (Phi) is 4.22. The summed E-state index contributed by atoms with van der Waals surface area (Å²) in [4.78, 5) is 0. The van der Waals surface area contributed by atoms with Gasteiger partial charge in [0.1, 0.15) is 0 Å². The number of fused-ring (bicyclic) bond motifs is 2. The van der Waals surface area contributed by atoms with Crippen molar-refractivity contribution in [1.29, 1.82) is 0 Å². The van der Waals surface area contributed by atoms with Crippen molar-refractivity contribution >= 4 is 32.9 Å². The van der Waals surface area contributed by atoms with E-state index in [1.165, 1.54) is 16.7 Å². The van der Waals surface area contributed by atoms with Crippen molar-refractivity contribution in [1.82, 2.24) is 0 Å². The van der Waals surface area contributed by atoms with Crippen LogP contribution in [0, 0.1) is 13.8 Å². The molecule has 4 N–H and O–H groups in total. The zero-order valence-electron chi connectivity index (χ0n) is 17.2. The van der Waals surface area contributed by atoms with E-state index in [9.17, 15) is 0 Å². The van der Waals surface area contributed by atoms with Gasteiger partial charge >= 0.3 is 0 Å². The average Bonchev–Trinajstić information content (AvgIpc) is 2.78. The second kappa shape index (κ2) is 6.93. The van der Waals surface area contributed by atoms with Gasteiger partial charge < -0.3 is 11.5 Å². The molecule has 5 aromatic carbocycles. The summed E-state index contributed by atoms with van der Waals surface area (Å²) in [5.41, 5.74) is 22.1. The van der Waals surface area contributed by atoms with Crippen LogP contribution >= 0.6 is 0 Å². The molecule has 0 fully saturated rings. The van der Waals surface area contributed by atoms with Crippen LogP contribution < -0.4 is 11.5 Å². The number of anilines is 2. The van der Waals surface area contributed by atoms with Gasteiger partial charge in [0.25, 0.3) is 0 Å². The summed E-state index contributed by atoms with van der Waals surface area (Å²) in [6, 6.07) is 29.7. The van der Waals surface area contributed by atoms with Crippen molar-refractivity contribution in [3.63, 3.8) is 0 Å². The van der Waals surface area contributed by atoms with Gasteiger partial charge in [0.05, 0.1) is 0 Å². The largest absolute Gasteiger partial charge is 0.398 e. The molecule has 0 unspecified atom stereocenters. The molecule has 0 aliphatic carbocycles. The Morgan fingerprint density at radius 1 is 0.500 bits per heavy atom. The number of benzene rings is 5. The van der Waals surface area contributed by atoms with Gasteiger partial charge in [-0.25, -0.2) is 0 Å². The van der Waals surface area contributed by atoms with E-state index in [1.807, 2.05) is 18.2 Å². The highest BCUT2D eigenvalue weighted by molar-refractivity contribution is 6.23. The van der Waals surface area contributed by atoms with Gasteiger partial charge in [-0.2, -0.15) is 0 Å². The van der Waals surface area contributed by atoms with E-state index in [4.69, 9.17) is 11.5 Å². The molecule has 30 heavy (non-hydrogen) atoms. The zero-order chi connectivity index (χ0) is 20.8. The molecular formula is C28H24N2. The number of nitrogens with two attached hydrogens (primary N) is 2. The fourth-order valence-electron chi connectivity index (χ4n) is 4.33. The predicted octanol–water partition coefficient (Wildman–Crippen LogP) is 7.11. The average molecular weight is 389 g/mol. The Morgan fingerprint density at radius 3 is 1.63 bits per heavy atom. The van der Waals surface area contributed by atoms with Gasteiger partial charge in [-0.05, 0) is 36.1 Å². The molecule has 2 heteroatoms. The molecule has 5 aromatic rings. The lowest BCUT2D eigenvalue weighted by atomic mass is 9.86. The predicted molar refractivity (Wildman–Crippen MR) is 131 cm³/mol. The highest BCUT2D eigenvalue weighted by Gasteiger charge is 2.18. The molecular weight excluding hydrogens is 364 g/mol. The molecule has 2 nitrogen and oxygen atoms in total. The first-order valence-electron chi connectivity index (χ1n) is 10.2. The summed E-state index contributed by atoms with van der Waals surface area (Å²) in [6.07, 6.45) is 0. The van der Waals surface area contributed by atoms with Crippen LogP contribution in [-0.4, -0.2) is 0 Å². The maximum atomic E-state index is 6.81. The zero-order valence-corrected chi connectivity index (χ0v) is 17.2. The van der Waals surface area contributed by atoms with Crippen LogP contribution in [0.4, 0.5) is 11.4 Å². The second-order valence-corrected chi connectivity index (χ2v) is 8.02. The summed E-state index contributed by atoms with van der Waals surface area (Å²) in [6.45, 7) is 4.21. The highest BCUT2D eigenvalue weighted by atomic mass is 14.6. The molecule has 0 atom stereocenters. The minimum absolute atomic E-state index is 0.776. The fraction of sp³-hybridized carbons (Fsp3) is 0.0714. The van der Waals surface area contributed by atoms with Crippen LogP contribution in [0.1, 0.15) is 11.1 Å². The molecule has 0 aromatic heterocycles. The molecule has 0 spiro atoms. The lowest BCUT2D eigenvalue weighted by Gasteiger charge is -2.19. The molecule has 0 saturated heterocycles. The summed E-state index contributed by atoms with van der Waals surface area (Å²) in [5, 5.41) is 4.02. The summed E-state index contributed by atoms with van der Waals surface area (Å²) < 4.78 is 0. The van der Waals surface area contributed by atoms with Crippen molar-refractivity contribution in [2.75, 3.05) is 11.5 Å². The number of hydrogen-bond acceptors (Lipinski definition) is 2. The molecule has 0 radical (unpaired) electrons. The summed E-state index contributed by atoms with van der Waals surface area (Å²) >= 11 is 0. The van der Waals surface area contributed by atoms with Gasteiger partial charge in [-0.1, -0.05) is 96.1 Å². The number of nitrogen functional groups attached to an aromatic ring is 2. The smallest absolute Gasteiger partial charge is 0.0481 e. The maximum Gasteiger partial charge on any atom is 0.0481 e. The lowest BCUT2D eigenvalue weighted by molar-refractivity contribution is 1.46. The Bertz CT molecular complexity index is 1400. The maximum absolute atomic E-state index is 6.81. The van der Waals surface area contributed by atoms with E-state index < -0.39 is 0 Å². The monoisotopic (exact) mass is 388 g/mol. The van der Waals surface area contributed by atoms with E-state index in [2.05, 4.69) is 80.6 Å². The minimum atomic E-state index is 0.776. The fourth-order valence-corrected chi connectivity index (χ4v) is 4.33. The van der Waals surface area contributed by atoms with Gasteiger partial charge in [0.15, 0.2) is 0 Å².